The normalized spacial score (nSPS) is 31.4. The van der Waals surface area contributed by atoms with Gasteiger partial charge in [0.25, 0.3) is 0 Å². The van der Waals surface area contributed by atoms with E-state index in [1.807, 2.05) is 12.4 Å². The van der Waals surface area contributed by atoms with E-state index >= 15 is 0 Å². The molecule has 2 aliphatic rings. The molecule has 3 heterocycles. The molecular formula is C15H22BrN3. The molecule has 2 unspecified atom stereocenters. The Kier molecular flexibility index (Phi) is 4.20. The van der Waals surface area contributed by atoms with Crippen molar-refractivity contribution < 1.29 is 0 Å². The van der Waals surface area contributed by atoms with E-state index in [-0.39, 0.29) is 0 Å². The van der Waals surface area contributed by atoms with E-state index in [2.05, 4.69) is 44.2 Å². The standard InChI is InChI=1S/C15H22BrN3/c1-19-14-3-2-4-15(19)7-13(6-14)18-9-11-5-12(16)10-17-8-11/h5,8,10,13-15,18H,2-4,6-7,9H2,1H3. The molecule has 1 N–H and O–H groups in total. The second kappa shape index (κ2) is 5.90. The highest BCUT2D eigenvalue weighted by Crippen LogP contribution is 2.32. The van der Waals surface area contributed by atoms with Crippen LogP contribution in [0.25, 0.3) is 0 Å². The van der Waals surface area contributed by atoms with Gasteiger partial charge < -0.3 is 10.2 Å². The first-order valence-corrected chi connectivity index (χ1v) is 8.06. The van der Waals surface area contributed by atoms with Crippen LogP contribution in [0.2, 0.25) is 0 Å². The number of pyridine rings is 1. The summed E-state index contributed by atoms with van der Waals surface area (Å²) in [6, 6.07) is 4.41. The fraction of sp³-hybridized carbons (Fsp3) is 0.667. The Morgan fingerprint density at radius 1 is 1.32 bits per heavy atom. The van der Waals surface area contributed by atoms with Gasteiger partial charge in [-0.05, 0) is 60.3 Å². The van der Waals surface area contributed by atoms with Gasteiger partial charge in [0.05, 0.1) is 0 Å². The van der Waals surface area contributed by atoms with E-state index in [1.165, 1.54) is 37.7 Å². The highest BCUT2D eigenvalue weighted by Gasteiger charge is 2.35. The maximum absolute atomic E-state index is 4.22. The van der Waals surface area contributed by atoms with E-state index < -0.39 is 0 Å². The van der Waals surface area contributed by atoms with Crippen LogP contribution >= 0.6 is 15.9 Å². The van der Waals surface area contributed by atoms with Crippen molar-refractivity contribution in [3.8, 4) is 0 Å². The summed E-state index contributed by atoms with van der Waals surface area (Å²) in [5.74, 6) is 0. The predicted molar refractivity (Wildman–Crippen MR) is 81.0 cm³/mol. The summed E-state index contributed by atoms with van der Waals surface area (Å²) in [6.07, 6.45) is 10.6. The van der Waals surface area contributed by atoms with Crippen molar-refractivity contribution in [1.82, 2.24) is 15.2 Å². The van der Waals surface area contributed by atoms with Crippen molar-refractivity contribution >= 4 is 15.9 Å². The number of aromatic nitrogens is 1. The molecule has 2 bridgehead atoms. The quantitative estimate of drug-likeness (QED) is 0.927. The summed E-state index contributed by atoms with van der Waals surface area (Å²) in [5.41, 5.74) is 1.26. The molecule has 2 aliphatic heterocycles. The van der Waals surface area contributed by atoms with E-state index in [0.717, 1.165) is 23.1 Å². The zero-order valence-corrected chi connectivity index (χ0v) is 13.1. The van der Waals surface area contributed by atoms with Crippen LogP contribution < -0.4 is 5.32 Å². The highest BCUT2D eigenvalue weighted by atomic mass is 79.9. The van der Waals surface area contributed by atoms with Crippen molar-refractivity contribution in [3.63, 3.8) is 0 Å². The average Bonchev–Trinajstić information content (AvgIpc) is 2.37. The summed E-state index contributed by atoms with van der Waals surface area (Å²) in [6.45, 7) is 0.931. The Balaban J connectivity index is 1.56. The lowest BCUT2D eigenvalue weighted by atomic mass is 9.82. The van der Waals surface area contributed by atoms with Crippen molar-refractivity contribution in [1.29, 1.82) is 0 Å². The fourth-order valence-electron chi connectivity index (χ4n) is 3.60. The zero-order chi connectivity index (χ0) is 13.2. The minimum Gasteiger partial charge on any atom is -0.310 e. The number of nitrogens with one attached hydrogen (secondary N) is 1. The van der Waals surface area contributed by atoms with Gasteiger partial charge >= 0.3 is 0 Å². The number of rotatable bonds is 3. The molecule has 3 rings (SSSR count). The first kappa shape index (κ1) is 13.5. The van der Waals surface area contributed by atoms with Crippen LogP contribution in [-0.2, 0) is 6.54 Å². The van der Waals surface area contributed by atoms with Crippen molar-refractivity contribution in [3.05, 3.63) is 28.5 Å². The van der Waals surface area contributed by atoms with Crippen LogP contribution in [0.5, 0.6) is 0 Å². The van der Waals surface area contributed by atoms with Gasteiger partial charge in [-0.1, -0.05) is 6.42 Å². The van der Waals surface area contributed by atoms with Crippen LogP contribution in [0.4, 0.5) is 0 Å². The number of hydrogen-bond acceptors (Lipinski definition) is 3. The number of halogens is 1. The van der Waals surface area contributed by atoms with Crippen molar-refractivity contribution in [2.75, 3.05) is 7.05 Å². The summed E-state index contributed by atoms with van der Waals surface area (Å²) in [7, 11) is 2.31. The molecule has 1 aromatic heterocycles. The predicted octanol–water partition coefficient (Wildman–Crippen LogP) is 2.95. The van der Waals surface area contributed by atoms with E-state index in [0.29, 0.717) is 6.04 Å². The van der Waals surface area contributed by atoms with Gasteiger partial charge in [-0.25, -0.2) is 0 Å². The minimum atomic E-state index is 0.672. The van der Waals surface area contributed by atoms with Gasteiger partial charge in [0.2, 0.25) is 0 Å². The average molecular weight is 324 g/mol. The molecule has 3 nitrogen and oxygen atoms in total. The molecule has 4 heteroatoms. The third kappa shape index (κ3) is 3.18. The van der Waals surface area contributed by atoms with Crippen LogP contribution in [0.15, 0.2) is 22.9 Å². The largest absolute Gasteiger partial charge is 0.310 e. The third-order valence-electron chi connectivity index (χ3n) is 4.70. The smallest absolute Gasteiger partial charge is 0.0410 e. The molecule has 2 atom stereocenters. The second-order valence-electron chi connectivity index (χ2n) is 5.96. The maximum Gasteiger partial charge on any atom is 0.0410 e. The van der Waals surface area contributed by atoms with Crippen LogP contribution in [0, 0.1) is 0 Å². The van der Waals surface area contributed by atoms with Gasteiger partial charge in [0.1, 0.15) is 0 Å². The molecule has 104 valence electrons. The second-order valence-corrected chi connectivity index (χ2v) is 6.88. The van der Waals surface area contributed by atoms with Crippen LogP contribution in [-0.4, -0.2) is 35.1 Å². The Hall–Kier alpha value is -0.450. The first-order chi connectivity index (χ1) is 9.22. The Morgan fingerprint density at radius 2 is 2.05 bits per heavy atom. The maximum atomic E-state index is 4.22. The molecule has 2 fully saturated rings. The SMILES string of the molecule is CN1C2CCCC1CC(NCc1cncc(Br)c1)C2. The van der Waals surface area contributed by atoms with Crippen LogP contribution in [0.1, 0.15) is 37.7 Å². The van der Waals surface area contributed by atoms with Crippen LogP contribution in [0.3, 0.4) is 0 Å². The minimum absolute atomic E-state index is 0.672. The monoisotopic (exact) mass is 323 g/mol. The summed E-state index contributed by atoms with van der Waals surface area (Å²) in [4.78, 5) is 6.84. The molecule has 0 spiro atoms. The topological polar surface area (TPSA) is 28.2 Å². The summed E-state index contributed by atoms with van der Waals surface area (Å²) < 4.78 is 1.06. The lowest BCUT2D eigenvalue weighted by molar-refractivity contribution is 0.0482. The Bertz CT molecular complexity index is 423. The van der Waals surface area contributed by atoms with Crippen molar-refractivity contribution in [2.24, 2.45) is 0 Å². The molecule has 0 aromatic carbocycles. The number of fused-ring (bicyclic) bond motifs is 2. The fourth-order valence-corrected chi connectivity index (χ4v) is 4.01. The summed E-state index contributed by atoms with van der Waals surface area (Å²) >= 11 is 3.48. The molecule has 0 amide bonds. The summed E-state index contributed by atoms with van der Waals surface area (Å²) in [5, 5.41) is 3.73. The number of hydrogen-bond donors (Lipinski definition) is 1. The Morgan fingerprint density at radius 3 is 2.74 bits per heavy atom. The molecule has 0 saturated carbocycles. The molecule has 19 heavy (non-hydrogen) atoms. The van der Waals surface area contributed by atoms with Gasteiger partial charge in [0.15, 0.2) is 0 Å². The number of piperidine rings is 2. The van der Waals surface area contributed by atoms with E-state index in [4.69, 9.17) is 0 Å². The van der Waals surface area contributed by atoms with Gasteiger partial charge in [0, 0.05) is 41.5 Å². The lowest BCUT2D eigenvalue weighted by Crippen LogP contribution is -2.54. The van der Waals surface area contributed by atoms with Crippen molar-refractivity contribution in [2.45, 2.75) is 56.8 Å². The highest BCUT2D eigenvalue weighted by molar-refractivity contribution is 9.10. The van der Waals surface area contributed by atoms with E-state index in [1.54, 1.807) is 0 Å². The third-order valence-corrected chi connectivity index (χ3v) is 5.13. The number of nitrogens with zero attached hydrogens (tertiary/aromatic N) is 2. The van der Waals surface area contributed by atoms with Gasteiger partial charge in [-0.15, -0.1) is 0 Å². The molecule has 1 aromatic rings. The zero-order valence-electron chi connectivity index (χ0n) is 11.5. The Labute approximate surface area is 123 Å². The molecular weight excluding hydrogens is 302 g/mol. The molecule has 2 saturated heterocycles. The molecule has 0 aliphatic carbocycles. The van der Waals surface area contributed by atoms with Gasteiger partial charge in [-0.3, -0.25) is 4.98 Å². The lowest BCUT2D eigenvalue weighted by Gasteiger charge is -2.47. The van der Waals surface area contributed by atoms with E-state index in [9.17, 15) is 0 Å². The first-order valence-electron chi connectivity index (χ1n) is 7.27. The van der Waals surface area contributed by atoms with Gasteiger partial charge in [-0.2, -0.15) is 0 Å². The molecule has 0 radical (unpaired) electrons.